The Morgan fingerprint density at radius 3 is 2.23 bits per heavy atom. The molecule has 31 heavy (non-hydrogen) atoms. The number of aryl methyl sites for hydroxylation is 1. The molecule has 5 heteroatoms. The highest BCUT2D eigenvalue weighted by Gasteiger charge is 2.34. The van der Waals surface area contributed by atoms with Crippen LogP contribution in [0.2, 0.25) is 0 Å². The molecule has 1 aromatic heterocycles. The SMILES string of the molecule is CC(C)CN(CC(=O)N(Cc1cccn1C)C1CC1)C(=O)c1ccc(C(C)(C)C)cc1. The Morgan fingerprint density at radius 1 is 1.10 bits per heavy atom. The molecule has 1 heterocycles. The quantitative estimate of drug-likeness (QED) is 0.622. The molecule has 5 nitrogen and oxygen atoms in total. The fourth-order valence-electron chi connectivity index (χ4n) is 3.85. The minimum Gasteiger partial charge on any atom is -0.353 e. The summed E-state index contributed by atoms with van der Waals surface area (Å²) in [6.07, 6.45) is 4.09. The van der Waals surface area contributed by atoms with Gasteiger partial charge in [-0.25, -0.2) is 0 Å². The standard InChI is InChI=1S/C26H37N3O2/c1-19(2)16-28(25(31)20-9-11-21(12-10-20)26(3,4)5)18-24(30)29(22-13-14-22)17-23-8-7-15-27(23)6/h7-12,15,19,22H,13-14,16-18H2,1-6H3. The maximum Gasteiger partial charge on any atom is 0.254 e. The van der Waals surface area contributed by atoms with E-state index in [0.717, 1.165) is 18.5 Å². The van der Waals surface area contributed by atoms with Gasteiger partial charge in [-0.05, 0) is 54.0 Å². The van der Waals surface area contributed by atoms with Crippen LogP contribution in [-0.4, -0.2) is 45.3 Å². The molecule has 1 fully saturated rings. The molecule has 0 saturated heterocycles. The zero-order valence-corrected chi connectivity index (χ0v) is 19.9. The molecule has 0 aliphatic heterocycles. The molecule has 1 aliphatic rings. The third-order valence-corrected chi connectivity index (χ3v) is 5.89. The molecule has 1 aliphatic carbocycles. The van der Waals surface area contributed by atoms with Crippen molar-refractivity contribution in [3.05, 3.63) is 59.4 Å². The van der Waals surface area contributed by atoms with Crippen LogP contribution in [0, 0.1) is 5.92 Å². The van der Waals surface area contributed by atoms with E-state index >= 15 is 0 Å². The Balaban J connectivity index is 1.75. The Bertz CT molecular complexity index is 901. The van der Waals surface area contributed by atoms with Gasteiger partial charge in [0.05, 0.1) is 6.54 Å². The van der Waals surface area contributed by atoms with Gasteiger partial charge in [-0.3, -0.25) is 9.59 Å². The first-order valence-corrected chi connectivity index (χ1v) is 11.4. The normalized spacial score (nSPS) is 14.0. The molecular weight excluding hydrogens is 386 g/mol. The Hall–Kier alpha value is -2.56. The van der Waals surface area contributed by atoms with Crippen molar-refractivity contribution in [3.63, 3.8) is 0 Å². The van der Waals surface area contributed by atoms with Gasteiger partial charge in [0.25, 0.3) is 5.91 Å². The van der Waals surface area contributed by atoms with Gasteiger partial charge in [0.2, 0.25) is 5.91 Å². The molecule has 2 amide bonds. The van der Waals surface area contributed by atoms with Crippen molar-refractivity contribution in [3.8, 4) is 0 Å². The molecule has 0 radical (unpaired) electrons. The van der Waals surface area contributed by atoms with Crippen LogP contribution in [0.5, 0.6) is 0 Å². The maximum atomic E-state index is 13.3. The average molecular weight is 424 g/mol. The highest BCUT2D eigenvalue weighted by atomic mass is 16.2. The highest BCUT2D eigenvalue weighted by Crippen LogP contribution is 2.29. The van der Waals surface area contributed by atoms with Crippen molar-refractivity contribution in [1.29, 1.82) is 0 Å². The average Bonchev–Trinajstić information content (AvgIpc) is 3.46. The van der Waals surface area contributed by atoms with Gasteiger partial charge >= 0.3 is 0 Å². The summed E-state index contributed by atoms with van der Waals surface area (Å²) >= 11 is 0. The van der Waals surface area contributed by atoms with Crippen LogP contribution in [0.15, 0.2) is 42.6 Å². The predicted octanol–water partition coefficient (Wildman–Crippen LogP) is 4.61. The Kier molecular flexibility index (Phi) is 6.93. The van der Waals surface area contributed by atoms with Gasteiger partial charge in [0, 0.05) is 37.1 Å². The van der Waals surface area contributed by atoms with E-state index in [0.29, 0.717) is 24.7 Å². The number of benzene rings is 1. The van der Waals surface area contributed by atoms with Crippen LogP contribution in [0.25, 0.3) is 0 Å². The molecule has 0 spiro atoms. The van der Waals surface area contributed by atoms with E-state index in [1.54, 1.807) is 4.90 Å². The van der Waals surface area contributed by atoms with Crippen molar-refractivity contribution in [2.24, 2.45) is 13.0 Å². The lowest BCUT2D eigenvalue weighted by Crippen LogP contribution is -2.45. The zero-order valence-electron chi connectivity index (χ0n) is 19.9. The third kappa shape index (κ3) is 5.99. The molecule has 0 atom stereocenters. The summed E-state index contributed by atoms with van der Waals surface area (Å²) in [5.74, 6) is 0.244. The second kappa shape index (κ2) is 9.29. The maximum absolute atomic E-state index is 13.3. The lowest BCUT2D eigenvalue weighted by Gasteiger charge is -2.29. The minimum absolute atomic E-state index is 0.0315. The number of nitrogens with zero attached hydrogens (tertiary/aromatic N) is 3. The number of hydrogen-bond acceptors (Lipinski definition) is 2. The smallest absolute Gasteiger partial charge is 0.254 e. The molecular formula is C26H37N3O2. The molecule has 0 unspecified atom stereocenters. The van der Waals surface area contributed by atoms with Crippen molar-refractivity contribution in [2.45, 2.75) is 65.5 Å². The van der Waals surface area contributed by atoms with E-state index in [1.165, 1.54) is 5.56 Å². The second-order valence-electron chi connectivity index (χ2n) is 10.3. The number of carbonyl (C=O) groups is 2. The monoisotopic (exact) mass is 423 g/mol. The van der Waals surface area contributed by atoms with Gasteiger partial charge in [0.15, 0.2) is 0 Å². The summed E-state index contributed by atoms with van der Waals surface area (Å²) in [5.41, 5.74) is 2.98. The van der Waals surface area contributed by atoms with Gasteiger partial charge < -0.3 is 14.4 Å². The summed E-state index contributed by atoms with van der Waals surface area (Å²) in [6.45, 7) is 11.9. The Morgan fingerprint density at radius 2 is 1.74 bits per heavy atom. The van der Waals surface area contributed by atoms with Crippen molar-refractivity contribution in [2.75, 3.05) is 13.1 Å². The van der Waals surface area contributed by atoms with Crippen LogP contribution in [0.4, 0.5) is 0 Å². The van der Waals surface area contributed by atoms with Crippen LogP contribution in [0.1, 0.15) is 69.1 Å². The van der Waals surface area contributed by atoms with Crippen LogP contribution < -0.4 is 0 Å². The van der Waals surface area contributed by atoms with Crippen molar-refractivity contribution >= 4 is 11.8 Å². The number of carbonyl (C=O) groups excluding carboxylic acids is 2. The van der Waals surface area contributed by atoms with E-state index in [2.05, 4.69) is 45.3 Å². The number of aromatic nitrogens is 1. The van der Waals surface area contributed by atoms with Crippen molar-refractivity contribution < 1.29 is 9.59 Å². The number of rotatable bonds is 8. The molecule has 3 rings (SSSR count). The van der Waals surface area contributed by atoms with Gasteiger partial charge in [0.1, 0.15) is 6.54 Å². The van der Waals surface area contributed by atoms with E-state index in [1.807, 2.05) is 48.5 Å². The zero-order chi connectivity index (χ0) is 22.8. The summed E-state index contributed by atoms with van der Waals surface area (Å²) in [7, 11) is 2.00. The first-order chi connectivity index (χ1) is 14.6. The number of amides is 2. The topological polar surface area (TPSA) is 45.6 Å². The minimum atomic E-state index is -0.0721. The summed E-state index contributed by atoms with van der Waals surface area (Å²) in [4.78, 5) is 30.3. The first kappa shape index (κ1) is 23.1. The van der Waals surface area contributed by atoms with Gasteiger partial charge in [-0.2, -0.15) is 0 Å². The molecule has 168 valence electrons. The summed E-state index contributed by atoms with van der Waals surface area (Å²) in [5, 5.41) is 0. The third-order valence-electron chi connectivity index (χ3n) is 5.89. The van der Waals surface area contributed by atoms with Crippen LogP contribution in [0.3, 0.4) is 0 Å². The van der Waals surface area contributed by atoms with Crippen LogP contribution in [-0.2, 0) is 23.8 Å². The molecule has 0 bridgehead atoms. The van der Waals surface area contributed by atoms with E-state index in [-0.39, 0.29) is 29.7 Å². The molecule has 1 saturated carbocycles. The van der Waals surface area contributed by atoms with Crippen LogP contribution >= 0.6 is 0 Å². The molecule has 1 aromatic carbocycles. The van der Waals surface area contributed by atoms with Gasteiger partial charge in [-0.15, -0.1) is 0 Å². The molecule has 0 N–H and O–H groups in total. The largest absolute Gasteiger partial charge is 0.353 e. The molecule has 2 aromatic rings. The Labute approximate surface area is 187 Å². The van der Waals surface area contributed by atoms with E-state index < -0.39 is 0 Å². The lowest BCUT2D eigenvalue weighted by molar-refractivity contribution is -0.133. The number of hydrogen-bond donors (Lipinski definition) is 0. The summed E-state index contributed by atoms with van der Waals surface area (Å²) < 4.78 is 2.05. The van der Waals surface area contributed by atoms with E-state index in [4.69, 9.17) is 0 Å². The highest BCUT2D eigenvalue weighted by molar-refractivity contribution is 5.96. The second-order valence-corrected chi connectivity index (χ2v) is 10.3. The fourth-order valence-corrected chi connectivity index (χ4v) is 3.85. The predicted molar refractivity (Wildman–Crippen MR) is 125 cm³/mol. The summed E-state index contributed by atoms with van der Waals surface area (Å²) in [6, 6.07) is 12.2. The first-order valence-electron chi connectivity index (χ1n) is 11.4. The van der Waals surface area contributed by atoms with E-state index in [9.17, 15) is 9.59 Å². The van der Waals surface area contributed by atoms with Gasteiger partial charge in [-0.1, -0.05) is 46.8 Å². The van der Waals surface area contributed by atoms with Crippen molar-refractivity contribution in [1.82, 2.24) is 14.4 Å². The fraction of sp³-hybridized carbons (Fsp3) is 0.538. The lowest BCUT2D eigenvalue weighted by atomic mass is 9.86.